The Kier molecular flexibility index (Phi) is 7.40. The Bertz CT molecular complexity index is 608. The first-order valence-corrected chi connectivity index (χ1v) is 9.32. The number of benzene rings is 1. The third-order valence-corrected chi connectivity index (χ3v) is 5.34. The Morgan fingerprint density at radius 1 is 1.32 bits per heavy atom. The van der Waals surface area contributed by atoms with Crippen LogP contribution in [-0.4, -0.2) is 37.3 Å². The van der Waals surface area contributed by atoms with Crippen molar-refractivity contribution in [2.24, 2.45) is 4.99 Å². The van der Waals surface area contributed by atoms with Gasteiger partial charge in [-0.2, -0.15) is 0 Å². The van der Waals surface area contributed by atoms with E-state index in [4.69, 9.17) is 21.3 Å². The van der Waals surface area contributed by atoms with Gasteiger partial charge in [-0.25, -0.2) is 0 Å². The van der Waals surface area contributed by atoms with E-state index in [1.54, 1.807) is 0 Å². The van der Waals surface area contributed by atoms with E-state index < -0.39 is 0 Å². The van der Waals surface area contributed by atoms with Crippen LogP contribution >= 0.6 is 35.6 Å². The number of ether oxygens (including phenoxy) is 1. The zero-order chi connectivity index (χ0) is 17.2. The molecule has 3 unspecified atom stereocenters. The number of guanidine groups is 1. The van der Waals surface area contributed by atoms with E-state index in [0.717, 1.165) is 35.9 Å². The smallest absolute Gasteiger partial charge is 0.191 e. The van der Waals surface area contributed by atoms with Gasteiger partial charge in [-0.05, 0) is 37.8 Å². The molecule has 2 bridgehead atoms. The van der Waals surface area contributed by atoms with Gasteiger partial charge >= 0.3 is 0 Å². The molecule has 0 spiro atoms. The Labute approximate surface area is 173 Å². The fraction of sp³-hybridized carbons (Fsp3) is 0.632. The Morgan fingerprint density at radius 2 is 2.08 bits per heavy atom. The van der Waals surface area contributed by atoms with Gasteiger partial charge in [0.15, 0.2) is 5.96 Å². The zero-order valence-corrected chi connectivity index (χ0v) is 18.3. The SMILES string of the molecule is CCNC(=NCC(C)(C)c1ccccc1Cl)NC1CC2CCC1O2.I. The lowest BCUT2D eigenvalue weighted by atomic mass is 9.85. The minimum absolute atomic E-state index is 0. The van der Waals surface area contributed by atoms with E-state index in [2.05, 4.69) is 37.5 Å². The minimum Gasteiger partial charge on any atom is -0.373 e. The Balaban J connectivity index is 0.00000225. The van der Waals surface area contributed by atoms with Crippen LogP contribution in [0, 0.1) is 0 Å². The molecule has 3 atom stereocenters. The fourth-order valence-corrected chi connectivity index (χ4v) is 4.05. The lowest BCUT2D eigenvalue weighted by molar-refractivity contribution is 0.0992. The molecule has 2 heterocycles. The summed E-state index contributed by atoms with van der Waals surface area (Å²) in [6.45, 7) is 7.98. The van der Waals surface area contributed by atoms with Crippen LogP contribution in [0.4, 0.5) is 0 Å². The quantitative estimate of drug-likeness (QED) is 0.381. The Hall–Kier alpha value is -0.530. The number of nitrogens with zero attached hydrogens (tertiary/aromatic N) is 1. The Morgan fingerprint density at radius 3 is 2.68 bits per heavy atom. The van der Waals surface area contributed by atoms with Gasteiger partial charge in [-0.1, -0.05) is 43.6 Å². The van der Waals surface area contributed by atoms with Crippen molar-refractivity contribution in [1.29, 1.82) is 0 Å². The molecule has 2 fully saturated rings. The largest absolute Gasteiger partial charge is 0.373 e. The second-order valence-electron chi connectivity index (χ2n) is 7.42. The molecule has 0 aliphatic carbocycles. The van der Waals surface area contributed by atoms with Crippen molar-refractivity contribution in [3.63, 3.8) is 0 Å². The molecule has 1 aromatic carbocycles. The van der Waals surface area contributed by atoms with Crippen LogP contribution in [0.5, 0.6) is 0 Å². The van der Waals surface area contributed by atoms with Crippen molar-refractivity contribution in [1.82, 2.24) is 10.6 Å². The number of fused-ring (bicyclic) bond motifs is 2. The van der Waals surface area contributed by atoms with E-state index in [1.165, 1.54) is 6.42 Å². The monoisotopic (exact) mass is 477 g/mol. The third kappa shape index (κ3) is 5.01. The van der Waals surface area contributed by atoms with Crippen LogP contribution < -0.4 is 10.6 Å². The third-order valence-electron chi connectivity index (χ3n) is 5.01. The van der Waals surface area contributed by atoms with Crippen LogP contribution in [-0.2, 0) is 10.2 Å². The summed E-state index contributed by atoms with van der Waals surface area (Å²) in [4.78, 5) is 4.83. The summed E-state index contributed by atoms with van der Waals surface area (Å²) in [6.07, 6.45) is 4.23. The van der Waals surface area contributed by atoms with E-state index in [9.17, 15) is 0 Å². The summed E-state index contributed by atoms with van der Waals surface area (Å²) in [5.41, 5.74) is 1.01. The maximum Gasteiger partial charge on any atom is 0.191 e. The molecule has 25 heavy (non-hydrogen) atoms. The fourth-order valence-electron chi connectivity index (χ4n) is 3.66. The van der Waals surface area contributed by atoms with Crippen molar-refractivity contribution in [2.45, 2.75) is 63.7 Å². The van der Waals surface area contributed by atoms with E-state index in [0.29, 0.717) is 24.8 Å². The highest BCUT2D eigenvalue weighted by Crippen LogP contribution is 2.34. The van der Waals surface area contributed by atoms with E-state index in [-0.39, 0.29) is 29.4 Å². The highest BCUT2D eigenvalue weighted by Gasteiger charge is 2.41. The summed E-state index contributed by atoms with van der Waals surface area (Å²) in [7, 11) is 0. The van der Waals surface area contributed by atoms with Crippen LogP contribution in [0.1, 0.15) is 45.6 Å². The number of halogens is 2. The summed E-state index contributed by atoms with van der Waals surface area (Å²) in [5, 5.41) is 7.73. The molecule has 2 aliphatic heterocycles. The molecule has 0 saturated carbocycles. The topological polar surface area (TPSA) is 45.7 Å². The highest BCUT2D eigenvalue weighted by atomic mass is 127. The van der Waals surface area contributed by atoms with Gasteiger partial charge in [0.25, 0.3) is 0 Å². The zero-order valence-electron chi connectivity index (χ0n) is 15.2. The highest BCUT2D eigenvalue weighted by molar-refractivity contribution is 14.0. The molecule has 0 aromatic heterocycles. The second-order valence-corrected chi connectivity index (χ2v) is 7.83. The molecule has 6 heteroatoms. The number of rotatable bonds is 5. The minimum atomic E-state index is -0.119. The number of hydrogen-bond donors (Lipinski definition) is 2. The van der Waals surface area contributed by atoms with E-state index >= 15 is 0 Å². The van der Waals surface area contributed by atoms with Gasteiger partial charge in [-0.15, -0.1) is 24.0 Å². The number of aliphatic imine (C=N–C) groups is 1. The predicted molar refractivity (Wildman–Crippen MR) is 115 cm³/mol. The predicted octanol–water partition coefficient (Wildman–Crippen LogP) is 4.11. The van der Waals surface area contributed by atoms with E-state index in [1.807, 2.05) is 18.2 Å². The molecule has 0 radical (unpaired) electrons. The normalized spacial score (nSPS) is 25.6. The molecule has 2 N–H and O–H groups in total. The molecule has 1 aromatic rings. The van der Waals surface area contributed by atoms with Crippen LogP contribution in [0.3, 0.4) is 0 Å². The maximum absolute atomic E-state index is 6.37. The van der Waals surface area contributed by atoms with Crippen molar-refractivity contribution >= 4 is 41.5 Å². The molecule has 4 nitrogen and oxygen atoms in total. The molecular weight excluding hydrogens is 449 g/mol. The van der Waals surface area contributed by atoms with Gasteiger partial charge in [0.05, 0.1) is 24.8 Å². The van der Waals surface area contributed by atoms with Gasteiger partial charge in [0, 0.05) is 17.0 Å². The first-order chi connectivity index (χ1) is 11.5. The summed E-state index contributed by atoms with van der Waals surface area (Å²) in [6, 6.07) is 8.40. The molecule has 140 valence electrons. The molecular formula is C19H29ClIN3O. The summed E-state index contributed by atoms with van der Waals surface area (Å²) in [5.74, 6) is 0.874. The van der Waals surface area contributed by atoms with Gasteiger partial charge in [0.2, 0.25) is 0 Å². The average molecular weight is 478 g/mol. The van der Waals surface area contributed by atoms with Crippen molar-refractivity contribution < 1.29 is 4.74 Å². The van der Waals surface area contributed by atoms with Crippen LogP contribution in [0.2, 0.25) is 5.02 Å². The second kappa shape index (κ2) is 8.91. The van der Waals surface area contributed by atoms with Crippen molar-refractivity contribution in [3.05, 3.63) is 34.9 Å². The first kappa shape index (κ1) is 20.8. The summed E-state index contributed by atoms with van der Waals surface area (Å²) >= 11 is 6.37. The van der Waals surface area contributed by atoms with Crippen molar-refractivity contribution in [2.75, 3.05) is 13.1 Å². The van der Waals surface area contributed by atoms with Gasteiger partial charge in [0.1, 0.15) is 0 Å². The number of hydrogen-bond acceptors (Lipinski definition) is 2. The number of nitrogens with one attached hydrogen (secondary N) is 2. The van der Waals surface area contributed by atoms with Crippen molar-refractivity contribution in [3.8, 4) is 0 Å². The standard InChI is InChI=1S/C19H28ClN3O.HI/c1-4-21-18(23-16-11-13-9-10-17(16)24-13)22-12-19(2,3)14-7-5-6-8-15(14)20;/h5-8,13,16-17H,4,9-12H2,1-3H3,(H2,21,22,23);1H. The molecule has 0 amide bonds. The lowest BCUT2D eigenvalue weighted by Crippen LogP contribution is -2.47. The lowest BCUT2D eigenvalue weighted by Gasteiger charge is -2.26. The maximum atomic E-state index is 6.37. The molecule has 3 rings (SSSR count). The molecule has 2 saturated heterocycles. The van der Waals surface area contributed by atoms with Gasteiger partial charge < -0.3 is 15.4 Å². The first-order valence-electron chi connectivity index (χ1n) is 8.95. The van der Waals surface area contributed by atoms with Crippen LogP contribution in [0.15, 0.2) is 29.3 Å². The van der Waals surface area contributed by atoms with Crippen LogP contribution in [0.25, 0.3) is 0 Å². The van der Waals surface area contributed by atoms with Gasteiger partial charge in [-0.3, -0.25) is 4.99 Å². The summed E-state index contributed by atoms with van der Waals surface area (Å²) < 4.78 is 5.93. The average Bonchev–Trinajstić information content (AvgIpc) is 3.16. The molecule has 2 aliphatic rings.